The molecule has 0 atom stereocenters. The molecule has 1 rings (SSSR count). The molecular formula is C10H18N6O2. The number of nitrogens with zero attached hydrogens (tertiary/aromatic N) is 4. The average Bonchev–Trinajstić information content (AvgIpc) is 2.37. The van der Waals surface area contributed by atoms with E-state index in [1.165, 1.54) is 6.33 Å². The van der Waals surface area contributed by atoms with E-state index < -0.39 is 4.92 Å². The Balaban J connectivity index is 2.78. The van der Waals surface area contributed by atoms with E-state index in [-0.39, 0.29) is 17.3 Å². The Hall–Kier alpha value is -1.96. The zero-order valence-electron chi connectivity index (χ0n) is 10.8. The fourth-order valence-electron chi connectivity index (χ4n) is 1.39. The minimum Gasteiger partial charge on any atom is -0.367 e. The van der Waals surface area contributed by atoms with Crippen LogP contribution in [0.5, 0.6) is 0 Å². The summed E-state index contributed by atoms with van der Waals surface area (Å²) >= 11 is 0. The summed E-state index contributed by atoms with van der Waals surface area (Å²) in [6, 6.07) is 0. The van der Waals surface area contributed by atoms with E-state index in [0.717, 1.165) is 13.1 Å². The van der Waals surface area contributed by atoms with Gasteiger partial charge in [-0.15, -0.1) is 0 Å². The van der Waals surface area contributed by atoms with Crippen molar-refractivity contribution in [1.82, 2.24) is 14.9 Å². The van der Waals surface area contributed by atoms with Gasteiger partial charge in [-0.05, 0) is 13.6 Å². The Bertz CT molecular complexity index is 411. The molecule has 2 N–H and O–H groups in total. The van der Waals surface area contributed by atoms with Crippen molar-refractivity contribution >= 4 is 17.3 Å². The maximum atomic E-state index is 11.0. The molecule has 1 aromatic rings. The van der Waals surface area contributed by atoms with Gasteiger partial charge in [-0.2, -0.15) is 0 Å². The van der Waals surface area contributed by atoms with Crippen LogP contribution in [0.1, 0.15) is 6.92 Å². The normalized spacial score (nSPS) is 10.4. The van der Waals surface area contributed by atoms with Crippen molar-refractivity contribution in [1.29, 1.82) is 0 Å². The molecule has 0 aliphatic rings. The van der Waals surface area contributed by atoms with Crippen LogP contribution in [0.25, 0.3) is 0 Å². The Kier molecular flexibility index (Phi) is 5.25. The van der Waals surface area contributed by atoms with E-state index in [2.05, 4.69) is 25.5 Å². The van der Waals surface area contributed by atoms with Gasteiger partial charge in [0.1, 0.15) is 6.33 Å². The lowest BCUT2D eigenvalue weighted by atomic mass is 10.4. The number of hydrogen-bond acceptors (Lipinski definition) is 7. The molecule has 0 aliphatic carbocycles. The van der Waals surface area contributed by atoms with Crippen molar-refractivity contribution in [3.63, 3.8) is 0 Å². The third-order valence-electron chi connectivity index (χ3n) is 2.57. The smallest absolute Gasteiger partial charge is 0.353 e. The van der Waals surface area contributed by atoms with Gasteiger partial charge in [-0.25, -0.2) is 9.97 Å². The maximum absolute atomic E-state index is 11.0. The largest absolute Gasteiger partial charge is 0.367 e. The van der Waals surface area contributed by atoms with Gasteiger partial charge in [0.2, 0.25) is 11.6 Å². The van der Waals surface area contributed by atoms with Gasteiger partial charge >= 0.3 is 5.69 Å². The van der Waals surface area contributed by atoms with Gasteiger partial charge in [-0.3, -0.25) is 10.1 Å². The third-order valence-corrected chi connectivity index (χ3v) is 2.57. The van der Waals surface area contributed by atoms with Gasteiger partial charge < -0.3 is 15.5 Å². The first-order chi connectivity index (χ1) is 8.60. The molecule has 1 heterocycles. The second-order valence-electron chi connectivity index (χ2n) is 3.75. The highest BCUT2D eigenvalue weighted by Crippen LogP contribution is 2.27. The molecule has 0 amide bonds. The molecule has 8 nitrogen and oxygen atoms in total. The minimum atomic E-state index is -0.488. The molecule has 8 heteroatoms. The summed E-state index contributed by atoms with van der Waals surface area (Å²) in [6.45, 7) is 4.35. The summed E-state index contributed by atoms with van der Waals surface area (Å²) in [6.07, 6.45) is 1.30. The summed E-state index contributed by atoms with van der Waals surface area (Å²) < 4.78 is 0. The molecule has 1 aromatic heterocycles. The standard InChI is InChI=1S/C10H18N6O2/c1-4-15(3)6-5-12-10-8(16(17)18)9(11-2)13-7-14-10/h7H,4-6H2,1-3H3,(H2,11,12,13,14). The van der Waals surface area contributed by atoms with Crippen LogP contribution < -0.4 is 10.6 Å². The van der Waals surface area contributed by atoms with Crippen LogP contribution in [0.3, 0.4) is 0 Å². The quantitative estimate of drug-likeness (QED) is 0.548. The van der Waals surface area contributed by atoms with Crippen LogP contribution in [0.2, 0.25) is 0 Å². The number of aromatic nitrogens is 2. The average molecular weight is 254 g/mol. The second-order valence-corrected chi connectivity index (χ2v) is 3.75. The Morgan fingerprint density at radius 1 is 1.44 bits per heavy atom. The van der Waals surface area contributed by atoms with Crippen molar-refractivity contribution in [2.75, 3.05) is 44.4 Å². The van der Waals surface area contributed by atoms with Crippen LogP contribution in [0.15, 0.2) is 6.33 Å². The Labute approximate surface area is 106 Å². The van der Waals surface area contributed by atoms with Gasteiger partial charge in [0.15, 0.2) is 0 Å². The Morgan fingerprint density at radius 2 is 2.11 bits per heavy atom. The maximum Gasteiger partial charge on any atom is 0.353 e. The molecule has 0 fully saturated rings. The Morgan fingerprint density at radius 3 is 2.67 bits per heavy atom. The first-order valence-corrected chi connectivity index (χ1v) is 5.69. The molecule has 0 saturated carbocycles. The third kappa shape index (κ3) is 3.52. The predicted molar refractivity (Wildman–Crippen MR) is 69.9 cm³/mol. The number of likely N-dealkylation sites (N-methyl/N-ethyl adjacent to an activating group) is 1. The van der Waals surface area contributed by atoms with E-state index in [4.69, 9.17) is 0 Å². The molecule has 0 saturated heterocycles. The number of nitro groups is 1. The molecular weight excluding hydrogens is 236 g/mol. The fraction of sp³-hybridized carbons (Fsp3) is 0.600. The molecule has 18 heavy (non-hydrogen) atoms. The molecule has 0 aliphatic heterocycles. The number of hydrogen-bond donors (Lipinski definition) is 2. The molecule has 0 radical (unpaired) electrons. The highest BCUT2D eigenvalue weighted by Gasteiger charge is 2.21. The summed E-state index contributed by atoms with van der Waals surface area (Å²) in [5, 5.41) is 16.6. The van der Waals surface area contributed by atoms with Crippen molar-refractivity contribution in [3.8, 4) is 0 Å². The van der Waals surface area contributed by atoms with Crippen LogP contribution in [-0.2, 0) is 0 Å². The number of anilines is 2. The van der Waals surface area contributed by atoms with Gasteiger partial charge in [0.05, 0.1) is 4.92 Å². The molecule has 0 aromatic carbocycles. The van der Waals surface area contributed by atoms with E-state index >= 15 is 0 Å². The fourth-order valence-corrected chi connectivity index (χ4v) is 1.39. The van der Waals surface area contributed by atoms with Crippen LogP contribution >= 0.6 is 0 Å². The zero-order chi connectivity index (χ0) is 13.5. The van der Waals surface area contributed by atoms with Crippen LogP contribution in [-0.4, -0.2) is 53.5 Å². The van der Waals surface area contributed by atoms with Crippen molar-refractivity contribution in [3.05, 3.63) is 16.4 Å². The monoisotopic (exact) mass is 254 g/mol. The second kappa shape index (κ2) is 6.70. The van der Waals surface area contributed by atoms with Crippen molar-refractivity contribution < 1.29 is 4.92 Å². The first-order valence-electron chi connectivity index (χ1n) is 5.69. The summed E-state index contributed by atoms with van der Waals surface area (Å²) in [7, 11) is 3.57. The zero-order valence-corrected chi connectivity index (χ0v) is 10.8. The van der Waals surface area contributed by atoms with E-state index in [0.29, 0.717) is 6.54 Å². The topological polar surface area (TPSA) is 96.2 Å². The number of rotatable bonds is 7. The molecule has 0 unspecified atom stereocenters. The number of nitrogens with one attached hydrogen (secondary N) is 2. The van der Waals surface area contributed by atoms with Gasteiger partial charge in [0.25, 0.3) is 0 Å². The van der Waals surface area contributed by atoms with E-state index in [1.54, 1.807) is 7.05 Å². The summed E-state index contributed by atoms with van der Waals surface area (Å²) in [5.41, 5.74) is -0.126. The molecule has 0 bridgehead atoms. The van der Waals surface area contributed by atoms with Gasteiger partial charge in [0, 0.05) is 20.1 Å². The minimum absolute atomic E-state index is 0.126. The SMILES string of the molecule is CCN(C)CCNc1ncnc(NC)c1[N+](=O)[O-]. The molecule has 100 valence electrons. The molecule has 0 spiro atoms. The van der Waals surface area contributed by atoms with Crippen molar-refractivity contribution in [2.24, 2.45) is 0 Å². The lowest BCUT2D eigenvalue weighted by Gasteiger charge is -2.14. The van der Waals surface area contributed by atoms with Crippen LogP contribution in [0.4, 0.5) is 17.3 Å². The lowest BCUT2D eigenvalue weighted by molar-refractivity contribution is -0.383. The van der Waals surface area contributed by atoms with E-state index in [1.807, 2.05) is 14.0 Å². The van der Waals surface area contributed by atoms with E-state index in [9.17, 15) is 10.1 Å². The van der Waals surface area contributed by atoms with Gasteiger partial charge in [-0.1, -0.05) is 6.92 Å². The summed E-state index contributed by atoms with van der Waals surface area (Å²) in [5.74, 6) is 0.449. The van der Waals surface area contributed by atoms with Crippen molar-refractivity contribution in [2.45, 2.75) is 6.92 Å². The predicted octanol–water partition coefficient (Wildman–Crippen LogP) is 0.790. The highest BCUT2D eigenvalue weighted by atomic mass is 16.6. The summed E-state index contributed by atoms with van der Waals surface area (Å²) in [4.78, 5) is 20.3. The van der Waals surface area contributed by atoms with Crippen LogP contribution in [0, 0.1) is 10.1 Å². The lowest BCUT2D eigenvalue weighted by Crippen LogP contribution is -2.25. The highest BCUT2D eigenvalue weighted by molar-refractivity contribution is 5.68. The first kappa shape index (κ1) is 14.1.